The number of rotatable bonds is 3. The van der Waals surface area contributed by atoms with E-state index < -0.39 is 0 Å². The average Bonchev–Trinajstić information content (AvgIpc) is 2.81. The number of nitrogens with zero attached hydrogens (tertiary/aromatic N) is 2. The first kappa shape index (κ1) is 10.0. The van der Waals surface area contributed by atoms with Crippen molar-refractivity contribution in [3.63, 3.8) is 0 Å². The fourth-order valence-corrected chi connectivity index (χ4v) is 4.85. The summed E-state index contributed by atoms with van der Waals surface area (Å²) in [5.41, 5.74) is 1.13. The molecule has 5 atom stereocenters. The zero-order valence-electron chi connectivity index (χ0n) is 10.2. The Morgan fingerprint density at radius 1 is 1.24 bits per heavy atom. The van der Waals surface area contributed by atoms with Crippen LogP contribution >= 0.6 is 0 Å². The molecule has 3 nitrogen and oxygen atoms in total. The normalized spacial score (nSPS) is 43.5. The van der Waals surface area contributed by atoms with E-state index in [4.69, 9.17) is 0 Å². The fraction of sp³-hybridized carbons (Fsp3) is 0.714. The van der Waals surface area contributed by atoms with Gasteiger partial charge in [-0.15, -0.1) is 0 Å². The fourth-order valence-electron chi connectivity index (χ4n) is 4.85. The summed E-state index contributed by atoms with van der Waals surface area (Å²) in [7, 11) is 2.06. The Hall–Kier alpha value is -0.960. The van der Waals surface area contributed by atoms with Crippen molar-refractivity contribution in [2.45, 2.75) is 25.3 Å². The third-order valence-corrected chi connectivity index (χ3v) is 5.39. The number of aromatic nitrogens is 2. The van der Waals surface area contributed by atoms with Crippen LogP contribution in [0, 0.1) is 29.6 Å². The van der Waals surface area contributed by atoms with Crippen molar-refractivity contribution in [2.24, 2.45) is 29.6 Å². The van der Waals surface area contributed by atoms with Crippen LogP contribution in [0.15, 0.2) is 18.6 Å². The molecule has 0 saturated heterocycles. The molecule has 3 heteroatoms. The summed E-state index contributed by atoms with van der Waals surface area (Å²) in [5, 5.41) is 3.48. The summed E-state index contributed by atoms with van der Waals surface area (Å²) in [6.07, 6.45) is 9.98. The lowest BCUT2D eigenvalue weighted by molar-refractivity contribution is 0.380. The predicted octanol–water partition coefficient (Wildman–Crippen LogP) is 2.03. The second-order valence-corrected chi connectivity index (χ2v) is 5.96. The third kappa shape index (κ3) is 1.32. The summed E-state index contributed by atoms with van der Waals surface area (Å²) in [6.45, 7) is 0. The van der Waals surface area contributed by atoms with E-state index in [0.717, 1.165) is 35.3 Å². The molecule has 2 bridgehead atoms. The standard InChI is InChI=1S/C14H19N3/c1-15-14(10-7-16-4-5-17-10)13-11-8-2-3-9(6-8)12(11)13/h4-5,7-9,11-15H,2-3,6H2,1H3. The minimum Gasteiger partial charge on any atom is -0.311 e. The highest BCUT2D eigenvalue weighted by molar-refractivity contribution is 5.20. The SMILES string of the molecule is CNC(c1cnccn1)C1C2C3CCC(C3)C21. The molecule has 0 radical (unpaired) electrons. The molecule has 0 spiro atoms. The molecule has 5 unspecified atom stereocenters. The Morgan fingerprint density at radius 3 is 2.59 bits per heavy atom. The minimum atomic E-state index is 0.432. The van der Waals surface area contributed by atoms with Crippen LogP contribution in [0.4, 0.5) is 0 Å². The average molecular weight is 229 g/mol. The van der Waals surface area contributed by atoms with Crippen molar-refractivity contribution in [3.05, 3.63) is 24.3 Å². The van der Waals surface area contributed by atoms with E-state index in [1.54, 1.807) is 6.20 Å². The largest absolute Gasteiger partial charge is 0.311 e. The van der Waals surface area contributed by atoms with E-state index in [0.29, 0.717) is 6.04 Å². The van der Waals surface area contributed by atoms with Gasteiger partial charge in [0.15, 0.2) is 0 Å². The predicted molar refractivity (Wildman–Crippen MR) is 65.1 cm³/mol. The highest BCUT2D eigenvalue weighted by atomic mass is 15.0. The first-order valence-electron chi connectivity index (χ1n) is 6.83. The molecule has 1 aromatic rings. The maximum absolute atomic E-state index is 4.48. The Kier molecular flexibility index (Phi) is 2.07. The molecule has 17 heavy (non-hydrogen) atoms. The van der Waals surface area contributed by atoms with Gasteiger partial charge in [0.2, 0.25) is 0 Å². The summed E-state index contributed by atoms with van der Waals surface area (Å²) in [5.74, 6) is 4.88. The van der Waals surface area contributed by atoms with Crippen LogP contribution in [-0.2, 0) is 0 Å². The number of hydrogen-bond acceptors (Lipinski definition) is 3. The van der Waals surface area contributed by atoms with Crippen LogP contribution in [0.1, 0.15) is 31.0 Å². The lowest BCUT2D eigenvalue weighted by atomic mass is 9.96. The van der Waals surface area contributed by atoms with Crippen LogP contribution in [-0.4, -0.2) is 17.0 Å². The van der Waals surface area contributed by atoms with Crippen LogP contribution in [0.25, 0.3) is 0 Å². The summed E-state index contributed by atoms with van der Waals surface area (Å²) in [4.78, 5) is 8.69. The van der Waals surface area contributed by atoms with Crippen molar-refractivity contribution in [2.75, 3.05) is 7.05 Å². The molecule has 3 aliphatic carbocycles. The Labute approximate surface area is 102 Å². The van der Waals surface area contributed by atoms with Crippen molar-refractivity contribution in [1.29, 1.82) is 0 Å². The highest BCUT2D eigenvalue weighted by Crippen LogP contribution is 2.71. The molecular weight excluding hydrogens is 210 g/mol. The van der Waals surface area contributed by atoms with E-state index >= 15 is 0 Å². The van der Waals surface area contributed by atoms with Crippen LogP contribution < -0.4 is 5.32 Å². The molecule has 3 aliphatic rings. The van der Waals surface area contributed by atoms with E-state index in [-0.39, 0.29) is 0 Å². The molecule has 3 fully saturated rings. The zero-order valence-corrected chi connectivity index (χ0v) is 10.2. The maximum Gasteiger partial charge on any atom is 0.0759 e. The van der Waals surface area contributed by atoms with Crippen molar-refractivity contribution in [3.8, 4) is 0 Å². The van der Waals surface area contributed by atoms with Gasteiger partial charge in [-0.05, 0) is 55.9 Å². The molecule has 3 saturated carbocycles. The molecule has 0 aliphatic heterocycles. The molecule has 4 rings (SSSR count). The first-order valence-corrected chi connectivity index (χ1v) is 6.83. The first-order chi connectivity index (χ1) is 8.40. The van der Waals surface area contributed by atoms with Gasteiger partial charge in [0, 0.05) is 18.6 Å². The van der Waals surface area contributed by atoms with Crippen LogP contribution in [0.5, 0.6) is 0 Å². The second-order valence-electron chi connectivity index (χ2n) is 5.96. The molecule has 0 aromatic carbocycles. The minimum absolute atomic E-state index is 0.432. The second kappa shape index (κ2) is 3.52. The number of fused-ring (bicyclic) bond motifs is 5. The van der Waals surface area contributed by atoms with Gasteiger partial charge in [-0.25, -0.2) is 0 Å². The van der Waals surface area contributed by atoms with Crippen LogP contribution in [0.3, 0.4) is 0 Å². The number of hydrogen-bond donors (Lipinski definition) is 1. The number of nitrogens with one attached hydrogen (secondary N) is 1. The van der Waals surface area contributed by atoms with Gasteiger partial charge in [-0.1, -0.05) is 0 Å². The summed E-state index contributed by atoms with van der Waals surface area (Å²) in [6, 6.07) is 0.432. The van der Waals surface area contributed by atoms with Crippen molar-refractivity contribution < 1.29 is 0 Å². The molecule has 1 aromatic heterocycles. The van der Waals surface area contributed by atoms with Gasteiger partial charge in [-0.2, -0.15) is 0 Å². The zero-order chi connectivity index (χ0) is 11.4. The Bertz CT molecular complexity index is 403. The third-order valence-electron chi connectivity index (χ3n) is 5.39. The molecule has 1 N–H and O–H groups in total. The van der Waals surface area contributed by atoms with Gasteiger partial charge < -0.3 is 5.32 Å². The summed E-state index contributed by atoms with van der Waals surface area (Å²) < 4.78 is 0. The Balaban J connectivity index is 1.59. The van der Waals surface area contributed by atoms with Gasteiger partial charge in [0.05, 0.1) is 11.7 Å². The smallest absolute Gasteiger partial charge is 0.0759 e. The van der Waals surface area contributed by atoms with E-state index in [9.17, 15) is 0 Å². The van der Waals surface area contributed by atoms with E-state index in [2.05, 4.69) is 22.3 Å². The quantitative estimate of drug-likeness (QED) is 0.861. The van der Waals surface area contributed by atoms with Crippen LogP contribution in [0.2, 0.25) is 0 Å². The maximum atomic E-state index is 4.48. The van der Waals surface area contributed by atoms with Gasteiger partial charge >= 0.3 is 0 Å². The Morgan fingerprint density at radius 2 is 2.00 bits per heavy atom. The van der Waals surface area contributed by atoms with Gasteiger partial charge in [0.25, 0.3) is 0 Å². The molecular formula is C14H19N3. The lowest BCUT2D eigenvalue weighted by Gasteiger charge is -2.19. The van der Waals surface area contributed by atoms with E-state index in [1.165, 1.54) is 19.3 Å². The van der Waals surface area contributed by atoms with Crippen molar-refractivity contribution in [1.82, 2.24) is 15.3 Å². The molecule has 90 valence electrons. The van der Waals surface area contributed by atoms with Crippen molar-refractivity contribution >= 4 is 0 Å². The topological polar surface area (TPSA) is 37.8 Å². The molecule has 1 heterocycles. The van der Waals surface area contributed by atoms with E-state index in [1.807, 2.05) is 12.4 Å². The summed E-state index contributed by atoms with van der Waals surface area (Å²) >= 11 is 0. The lowest BCUT2D eigenvalue weighted by Crippen LogP contribution is -2.23. The molecule has 0 amide bonds. The van der Waals surface area contributed by atoms with Gasteiger partial charge in [-0.3, -0.25) is 9.97 Å². The monoisotopic (exact) mass is 229 g/mol. The van der Waals surface area contributed by atoms with Gasteiger partial charge in [0.1, 0.15) is 0 Å². The highest BCUT2D eigenvalue weighted by Gasteiger charge is 2.66.